The van der Waals surface area contributed by atoms with E-state index < -0.39 is 11.6 Å². The van der Waals surface area contributed by atoms with Gasteiger partial charge in [-0.25, -0.2) is 13.2 Å². The Hall–Kier alpha value is -2.89. The molecule has 0 aromatic heterocycles. The Morgan fingerprint density at radius 1 is 0.886 bits per heavy atom. The number of aryl methyl sites for hydroxylation is 1. The average molecular weight is 481 g/mol. The zero-order valence-electron chi connectivity index (χ0n) is 20.0. The number of allylic oxidation sites excluding steroid dienone is 1. The van der Waals surface area contributed by atoms with Crippen LogP contribution >= 0.6 is 0 Å². The van der Waals surface area contributed by atoms with Gasteiger partial charge >= 0.3 is 0 Å². The molecule has 3 aromatic carbocycles. The summed E-state index contributed by atoms with van der Waals surface area (Å²) in [7, 11) is 0. The molecule has 0 saturated carbocycles. The van der Waals surface area contributed by atoms with Crippen LogP contribution < -0.4 is 0 Å². The van der Waals surface area contributed by atoms with Gasteiger partial charge in [0, 0.05) is 17.0 Å². The summed E-state index contributed by atoms with van der Waals surface area (Å²) < 4.78 is 55.8. The topological polar surface area (TPSA) is 18.5 Å². The van der Waals surface area contributed by atoms with Crippen molar-refractivity contribution in [3.63, 3.8) is 0 Å². The third-order valence-corrected chi connectivity index (χ3v) is 6.48. The summed E-state index contributed by atoms with van der Waals surface area (Å²) in [5.74, 6) is -2.02. The molecule has 0 unspecified atom stereocenters. The third kappa shape index (κ3) is 5.85. The van der Waals surface area contributed by atoms with Crippen molar-refractivity contribution < 1.29 is 22.6 Å². The predicted octanol–water partition coefficient (Wildman–Crippen LogP) is 8.20. The highest BCUT2D eigenvalue weighted by molar-refractivity contribution is 5.71. The van der Waals surface area contributed by atoms with E-state index in [9.17, 15) is 8.78 Å². The van der Waals surface area contributed by atoms with E-state index in [1.165, 1.54) is 6.07 Å². The fourth-order valence-electron chi connectivity index (χ4n) is 4.43. The van der Waals surface area contributed by atoms with Crippen LogP contribution in [0.1, 0.15) is 49.7 Å². The molecule has 3 aromatic rings. The maximum atomic E-state index is 15.0. The normalized spacial score (nSPS) is 17.9. The van der Waals surface area contributed by atoms with Gasteiger partial charge < -0.3 is 9.47 Å². The molecule has 0 bridgehead atoms. The molecule has 0 N–H and O–H groups in total. The van der Waals surface area contributed by atoms with Crippen molar-refractivity contribution in [2.45, 2.75) is 51.2 Å². The lowest BCUT2D eigenvalue weighted by molar-refractivity contribution is -0.189. The largest absolute Gasteiger partial charge is 0.352 e. The Labute approximate surface area is 205 Å². The Morgan fingerprint density at radius 2 is 1.54 bits per heavy atom. The summed E-state index contributed by atoms with van der Waals surface area (Å²) in [5.41, 5.74) is 3.05. The second-order valence-corrected chi connectivity index (χ2v) is 8.98. The van der Waals surface area contributed by atoms with E-state index in [0.717, 1.165) is 31.2 Å². The number of halogens is 3. The van der Waals surface area contributed by atoms with E-state index >= 15 is 4.39 Å². The lowest BCUT2D eigenvalue weighted by Crippen LogP contribution is -2.30. The molecule has 0 spiro atoms. The van der Waals surface area contributed by atoms with Crippen LogP contribution in [0, 0.1) is 17.5 Å². The highest BCUT2D eigenvalue weighted by Crippen LogP contribution is 2.32. The van der Waals surface area contributed by atoms with Crippen molar-refractivity contribution in [3.8, 4) is 22.3 Å². The van der Waals surface area contributed by atoms with E-state index in [0.29, 0.717) is 41.9 Å². The molecule has 1 heterocycles. The summed E-state index contributed by atoms with van der Waals surface area (Å²) in [6.07, 6.45) is 5.36. The van der Waals surface area contributed by atoms with Gasteiger partial charge in [0.15, 0.2) is 17.9 Å². The van der Waals surface area contributed by atoms with Gasteiger partial charge in [-0.3, -0.25) is 0 Å². The van der Waals surface area contributed by atoms with Crippen LogP contribution in [-0.2, 0) is 15.9 Å². The van der Waals surface area contributed by atoms with Crippen LogP contribution in [-0.4, -0.2) is 19.5 Å². The second kappa shape index (κ2) is 11.7. The molecule has 0 atom stereocenters. The molecule has 1 aliphatic rings. The van der Waals surface area contributed by atoms with E-state index in [1.807, 2.05) is 6.07 Å². The van der Waals surface area contributed by atoms with Crippen LogP contribution in [0.5, 0.6) is 0 Å². The third-order valence-electron chi connectivity index (χ3n) is 6.48. The molecule has 1 aliphatic heterocycles. The maximum absolute atomic E-state index is 15.0. The van der Waals surface area contributed by atoms with Crippen LogP contribution in [0.2, 0.25) is 0 Å². The van der Waals surface area contributed by atoms with Crippen LogP contribution in [0.3, 0.4) is 0 Å². The van der Waals surface area contributed by atoms with Gasteiger partial charge in [-0.05, 0) is 54.0 Å². The summed E-state index contributed by atoms with van der Waals surface area (Å²) in [4.78, 5) is 0. The molecule has 0 aliphatic carbocycles. The minimum absolute atomic E-state index is 0.00774. The lowest BCUT2D eigenvalue weighted by Gasteiger charge is -2.29. The molecule has 2 nitrogen and oxygen atoms in total. The predicted molar refractivity (Wildman–Crippen MR) is 134 cm³/mol. The zero-order chi connectivity index (χ0) is 24.8. The first-order chi connectivity index (χ1) is 17.0. The van der Waals surface area contributed by atoms with E-state index in [4.69, 9.17) is 9.47 Å². The molecule has 35 heavy (non-hydrogen) atoms. The average Bonchev–Trinajstić information content (AvgIpc) is 2.88. The lowest BCUT2D eigenvalue weighted by atomic mass is 9.94. The van der Waals surface area contributed by atoms with Crippen molar-refractivity contribution in [1.82, 2.24) is 0 Å². The molecular formula is C30H31F3O2. The Bertz CT molecular complexity index is 1150. The summed E-state index contributed by atoms with van der Waals surface area (Å²) in [6.45, 7) is 6.75. The summed E-state index contributed by atoms with van der Waals surface area (Å²) in [5, 5.41) is 0. The quantitative estimate of drug-likeness (QED) is 0.227. The molecule has 0 radical (unpaired) electrons. The highest BCUT2D eigenvalue weighted by atomic mass is 19.2. The molecule has 1 saturated heterocycles. The van der Waals surface area contributed by atoms with Crippen molar-refractivity contribution in [1.29, 1.82) is 0 Å². The van der Waals surface area contributed by atoms with E-state index in [1.54, 1.807) is 48.5 Å². The van der Waals surface area contributed by atoms with Gasteiger partial charge in [-0.2, -0.15) is 0 Å². The highest BCUT2D eigenvalue weighted by Gasteiger charge is 2.24. The summed E-state index contributed by atoms with van der Waals surface area (Å²) >= 11 is 0. The fourth-order valence-corrected chi connectivity index (χ4v) is 4.43. The number of unbranched alkanes of at least 4 members (excludes halogenated alkanes) is 1. The molecular weight excluding hydrogens is 449 g/mol. The number of hydrogen-bond donors (Lipinski definition) is 0. The van der Waals surface area contributed by atoms with Gasteiger partial charge in [-0.1, -0.05) is 68.0 Å². The van der Waals surface area contributed by atoms with Gasteiger partial charge in [0.1, 0.15) is 5.82 Å². The van der Waals surface area contributed by atoms with Gasteiger partial charge in [0.2, 0.25) is 0 Å². The van der Waals surface area contributed by atoms with Crippen LogP contribution in [0.15, 0.2) is 67.3 Å². The minimum Gasteiger partial charge on any atom is -0.352 e. The first kappa shape index (κ1) is 25.2. The van der Waals surface area contributed by atoms with Gasteiger partial charge in [0.05, 0.1) is 13.2 Å². The Balaban J connectivity index is 1.48. The molecule has 0 amide bonds. The smallest absolute Gasteiger partial charge is 0.166 e. The van der Waals surface area contributed by atoms with Crippen LogP contribution in [0.4, 0.5) is 13.2 Å². The number of rotatable bonds is 9. The van der Waals surface area contributed by atoms with Crippen molar-refractivity contribution >= 4 is 0 Å². The Kier molecular flexibility index (Phi) is 8.42. The van der Waals surface area contributed by atoms with Crippen molar-refractivity contribution in [2.75, 3.05) is 13.2 Å². The molecule has 1 fully saturated rings. The standard InChI is InChI=1S/C30H31F3O2/c1-3-5-6-8-22-13-16-26(30(33)29(22)32)21-11-9-20(10-12-21)25-15-14-23(17-27(25)31)24-18-34-28(7-4-2)35-19-24/h3,9-17,24,28H,1,4-8,18-19H2,2H3. The maximum Gasteiger partial charge on any atom is 0.166 e. The SMILES string of the molecule is C=CCCCc1ccc(-c2ccc(-c3ccc(C4COC(CCC)OC4)cc3F)cc2)c(F)c1F. The van der Waals surface area contributed by atoms with Gasteiger partial charge in [0.25, 0.3) is 0 Å². The zero-order valence-corrected chi connectivity index (χ0v) is 20.0. The molecule has 5 heteroatoms. The van der Waals surface area contributed by atoms with Gasteiger partial charge in [-0.15, -0.1) is 6.58 Å². The van der Waals surface area contributed by atoms with E-state index in [2.05, 4.69) is 13.5 Å². The minimum atomic E-state index is -0.859. The molecule has 4 rings (SSSR count). The number of benzene rings is 3. The monoisotopic (exact) mass is 480 g/mol. The van der Waals surface area contributed by atoms with Crippen molar-refractivity contribution in [2.24, 2.45) is 0 Å². The first-order valence-corrected chi connectivity index (χ1v) is 12.2. The first-order valence-electron chi connectivity index (χ1n) is 12.2. The summed E-state index contributed by atoms with van der Waals surface area (Å²) in [6, 6.07) is 15.2. The Morgan fingerprint density at radius 3 is 2.17 bits per heavy atom. The molecule has 184 valence electrons. The van der Waals surface area contributed by atoms with Crippen LogP contribution in [0.25, 0.3) is 22.3 Å². The van der Waals surface area contributed by atoms with Crippen molar-refractivity contribution in [3.05, 3.63) is 95.8 Å². The number of hydrogen-bond acceptors (Lipinski definition) is 2. The second-order valence-electron chi connectivity index (χ2n) is 8.98. The number of ether oxygens (including phenoxy) is 2. The fraction of sp³-hybridized carbons (Fsp3) is 0.333. The van der Waals surface area contributed by atoms with E-state index in [-0.39, 0.29) is 23.6 Å².